The smallest absolute Gasteiger partial charge is 0.137 e. The lowest BCUT2D eigenvalue weighted by Gasteiger charge is -2.20. The summed E-state index contributed by atoms with van der Waals surface area (Å²) >= 11 is 6.32. The van der Waals surface area contributed by atoms with Crippen molar-refractivity contribution in [1.82, 2.24) is 0 Å². The Morgan fingerprint density at radius 1 is 1.08 bits per heavy atom. The number of halogens is 1. The van der Waals surface area contributed by atoms with Crippen LogP contribution in [-0.4, -0.2) is 13.2 Å². The predicted molar refractivity (Wildman–Crippen MR) is 103 cm³/mol. The Morgan fingerprint density at radius 3 is 2.25 bits per heavy atom. The first kappa shape index (κ1) is 18.8. The van der Waals surface area contributed by atoms with Crippen LogP contribution in [0, 0.1) is 0 Å². The topological polar surface area (TPSA) is 35.2 Å². The highest BCUT2D eigenvalue weighted by atomic mass is 35.5. The van der Waals surface area contributed by atoms with Crippen LogP contribution < -0.4 is 10.5 Å². The van der Waals surface area contributed by atoms with Crippen LogP contribution in [0.2, 0.25) is 5.02 Å². The molecule has 2 aromatic carbocycles. The molecule has 0 spiro atoms. The molecule has 2 nitrogen and oxygen atoms in total. The number of hydrogen-bond acceptors (Lipinski definition) is 2. The minimum atomic E-state index is 0.175. The Kier molecular flexibility index (Phi) is 6.31. The summed E-state index contributed by atoms with van der Waals surface area (Å²) in [5.41, 5.74) is 10.00. The van der Waals surface area contributed by atoms with E-state index in [9.17, 15) is 0 Å². The summed E-state index contributed by atoms with van der Waals surface area (Å²) in [5, 5.41) is 0.649. The molecule has 3 heteroatoms. The second kappa shape index (κ2) is 8.04. The third kappa shape index (κ3) is 4.75. The van der Waals surface area contributed by atoms with E-state index in [2.05, 4.69) is 51.1 Å². The summed E-state index contributed by atoms with van der Waals surface area (Å²) in [5.74, 6) is 0.979. The van der Waals surface area contributed by atoms with Gasteiger partial charge in [0.25, 0.3) is 0 Å². The van der Waals surface area contributed by atoms with E-state index in [1.165, 1.54) is 11.1 Å². The summed E-state index contributed by atoms with van der Waals surface area (Å²) in [6.45, 7) is 9.84. The van der Waals surface area contributed by atoms with Gasteiger partial charge in [0.05, 0.1) is 11.6 Å². The maximum Gasteiger partial charge on any atom is 0.137 e. The van der Waals surface area contributed by atoms with Crippen molar-refractivity contribution in [3.8, 4) is 5.75 Å². The summed E-state index contributed by atoms with van der Waals surface area (Å²) in [6, 6.07) is 14.8. The molecule has 0 aliphatic carbocycles. The highest BCUT2D eigenvalue weighted by Crippen LogP contribution is 2.30. The van der Waals surface area contributed by atoms with Gasteiger partial charge < -0.3 is 10.5 Å². The van der Waals surface area contributed by atoms with Crippen LogP contribution in [0.3, 0.4) is 0 Å². The molecule has 0 aromatic heterocycles. The molecule has 0 saturated carbocycles. The van der Waals surface area contributed by atoms with Gasteiger partial charge in [-0.05, 0) is 54.1 Å². The van der Waals surface area contributed by atoms with Crippen molar-refractivity contribution >= 4 is 11.6 Å². The van der Waals surface area contributed by atoms with E-state index in [4.69, 9.17) is 22.1 Å². The van der Waals surface area contributed by atoms with Gasteiger partial charge in [-0.15, -0.1) is 0 Å². The number of hydrogen-bond donors (Lipinski definition) is 1. The summed E-state index contributed by atoms with van der Waals surface area (Å²) in [7, 11) is 0. The average Bonchev–Trinajstić information content (AvgIpc) is 2.54. The first-order valence-electron chi connectivity index (χ1n) is 8.57. The molecule has 0 aliphatic heterocycles. The van der Waals surface area contributed by atoms with Crippen LogP contribution in [-0.2, 0) is 11.8 Å². The van der Waals surface area contributed by atoms with Gasteiger partial charge in [-0.3, -0.25) is 0 Å². The maximum absolute atomic E-state index is 6.32. The van der Waals surface area contributed by atoms with Crippen LogP contribution in [0.25, 0.3) is 0 Å². The Labute approximate surface area is 151 Å². The average molecular weight is 346 g/mol. The predicted octanol–water partition coefficient (Wildman–Crippen LogP) is 5.32. The Hall–Kier alpha value is -1.51. The van der Waals surface area contributed by atoms with Gasteiger partial charge in [0.1, 0.15) is 5.75 Å². The lowest BCUT2D eigenvalue weighted by Crippen LogP contribution is -2.15. The van der Waals surface area contributed by atoms with Crippen LogP contribution in [0.4, 0.5) is 0 Å². The lowest BCUT2D eigenvalue weighted by molar-refractivity contribution is 0.340. The van der Waals surface area contributed by atoms with Gasteiger partial charge in [0.15, 0.2) is 0 Å². The molecule has 24 heavy (non-hydrogen) atoms. The minimum Gasteiger partial charge on any atom is -0.492 e. The van der Waals surface area contributed by atoms with Crippen molar-refractivity contribution in [2.45, 2.75) is 45.4 Å². The SMILES string of the molecule is CCOc1ccc(C(CN)Cc2ccc(C(C)(C)C)cc2)cc1Cl. The number of ether oxygens (including phenoxy) is 1. The molecule has 0 amide bonds. The largest absolute Gasteiger partial charge is 0.492 e. The molecule has 2 rings (SSSR count). The van der Waals surface area contributed by atoms with Crippen LogP contribution in [0.15, 0.2) is 42.5 Å². The maximum atomic E-state index is 6.32. The van der Waals surface area contributed by atoms with E-state index in [0.717, 1.165) is 17.7 Å². The number of rotatable bonds is 6. The summed E-state index contributed by atoms with van der Waals surface area (Å²) in [6.07, 6.45) is 0.908. The van der Waals surface area contributed by atoms with Gasteiger partial charge in [-0.1, -0.05) is 62.7 Å². The molecule has 0 aliphatic rings. The Bertz CT molecular complexity index is 659. The van der Waals surface area contributed by atoms with Gasteiger partial charge in [-0.25, -0.2) is 0 Å². The summed E-state index contributed by atoms with van der Waals surface area (Å²) < 4.78 is 5.51. The van der Waals surface area contributed by atoms with Crippen molar-refractivity contribution in [1.29, 1.82) is 0 Å². The molecule has 0 fully saturated rings. The zero-order valence-corrected chi connectivity index (χ0v) is 15.9. The van der Waals surface area contributed by atoms with Gasteiger partial charge >= 0.3 is 0 Å². The highest BCUT2D eigenvalue weighted by molar-refractivity contribution is 6.32. The van der Waals surface area contributed by atoms with Gasteiger partial charge in [-0.2, -0.15) is 0 Å². The van der Waals surface area contributed by atoms with Crippen molar-refractivity contribution in [3.63, 3.8) is 0 Å². The molecule has 0 saturated heterocycles. The Balaban J connectivity index is 2.16. The van der Waals surface area contributed by atoms with E-state index in [0.29, 0.717) is 18.2 Å². The summed E-state index contributed by atoms with van der Waals surface area (Å²) in [4.78, 5) is 0. The number of nitrogens with two attached hydrogens (primary N) is 1. The fraction of sp³-hybridized carbons (Fsp3) is 0.429. The molecule has 2 aromatic rings. The van der Waals surface area contributed by atoms with Gasteiger partial charge in [0, 0.05) is 5.92 Å². The minimum absolute atomic E-state index is 0.175. The molecule has 130 valence electrons. The fourth-order valence-electron chi connectivity index (χ4n) is 2.81. The first-order valence-corrected chi connectivity index (χ1v) is 8.94. The molecule has 1 atom stereocenters. The zero-order valence-electron chi connectivity index (χ0n) is 15.1. The van der Waals surface area contributed by atoms with E-state index >= 15 is 0 Å². The van der Waals surface area contributed by atoms with Crippen LogP contribution in [0.1, 0.15) is 50.3 Å². The number of benzene rings is 2. The Morgan fingerprint density at radius 2 is 1.75 bits per heavy atom. The molecule has 0 bridgehead atoms. The molecule has 2 N–H and O–H groups in total. The lowest BCUT2D eigenvalue weighted by atomic mass is 9.85. The van der Waals surface area contributed by atoms with Crippen LogP contribution >= 0.6 is 11.6 Å². The monoisotopic (exact) mass is 345 g/mol. The highest BCUT2D eigenvalue weighted by Gasteiger charge is 2.15. The second-order valence-corrected chi connectivity index (χ2v) is 7.61. The van der Waals surface area contributed by atoms with E-state index < -0.39 is 0 Å². The molecule has 1 unspecified atom stereocenters. The van der Waals surface area contributed by atoms with E-state index in [1.54, 1.807) is 0 Å². The quantitative estimate of drug-likeness (QED) is 0.768. The second-order valence-electron chi connectivity index (χ2n) is 7.21. The van der Waals surface area contributed by atoms with Crippen molar-refractivity contribution in [3.05, 3.63) is 64.2 Å². The molecule has 0 heterocycles. The van der Waals surface area contributed by atoms with Gasteiger partial charge in [0.2, 0.25) is 0 Å². The van der Waals surface area contributed by atoms with E-state index in [-0.39, 0.29) is 11.3 Å². The molecular weight excluding hydrogens is 318 g/mol. The fourth-order valence-corrected chi connectivity index (χ4v) is 3.05. The van der Waals surface area contributed by atoms with E-state index in [1.807, 2.05) is 19.1 Å². The normalized spacial score (nSPS) is 12.9. The molecule has 0 radical (unpaired) electrons. The van der Waals surface area contributed by atoms with Crippen LogP contribution in [0.5, 0.6) is 5.75 Å². The zero-order chi connectivity index (χ0) is 17.7. The standard InChI is InChI=1S/C21H28ClNO/c1-5-24-20-11-8-16(13-19(20)22)17(14-23)12-15-6-9-18(10-7-15)21(2,3)4/h6-11,13,17H,5,12,14,23H2,1-4H3. The van der Waals surface area contributed by atoms with Crippen molar-refractivity contribution in [2.24, 2.45) is 5.73 Å². The first-order chi connectivity index (χ1) is 11.3. The third-order valence-corrected chi connectivity index (χ3v) is 4.61. The molecular formula is C21H28ClNO. The van der Waals surface area contributed by atoms with Crippen molar-refractivity contribution in [2.75, 3.05) is 13.2 Å². The third-order valence-electron chi connectivity index (χ3n) is 4.31. The van der Waals surface area contributed by atoms with Crippen molar-refractivity contribution < 1.29 is 4.74 Å².